The van der Waals surface area contributed by atoms with Gasteiger partial charge in [0, 0.05) is 0 Å². The summed E-state index contributed by atoms with van der Waals surface area (Å²) >= 11 is 0. The first kappa shape index (κ1) is 13.9. The molecule has 0 amide bonds. The van der Waals surface area contributed by atoms with Gasteiger partial charge < -0.3 is 4.43 Å². The fourth-order valence-corrected chi connectivity index (χ4v) is 3.33. The Labute approximate surface area is 105 Å². The number of nitriles is 1. The molecule has 1 unspecified atom stereocenters. The molecule has 92 valence electrons. The summed E-state index contributed by atoms with van der Waals surface area (Å²) in [6, 6.07) is 12.6. The smallest absolute Gasteiger partial charge is 0.185 e. The van der Waals surface area contributed by atoms with Gasteiger partial charge in [0.2, 0.25) is 0 Å². The Kier molecular flexibility index (Phi) is 4.50. The minimum Gasteiger partial charge on any atom is -0.400 e. The monoisotopic (exact) mass is 247 g/mol. The van der Waals surface area contributed by atoms with Crippen molar-refractivity contribution in [3.05, 3.63) is 35.9 Å². The minimum absolute atomic E-state index is 0.652. The first-order valence-corrected chi connectivity index (χ1v) is 9.41. The maximum Gasteiger partial charge on any atom is 0.185 e. The molecule has 0 saturated heterocycles. The fourth-order valence-electron chi connectivity index (χ4n) is 1.83. The van der Waals surface area contributed by atoms with Gasteiger partial charge in [-0.25, -0.2) is 0 Å². The molecule has 0 N–H and O–H groups in total. The Balaban J connectivity index is 2.62. The van der Waals surface area contributed by atoms with Crippen LogP contribution < -0.4 is 0 Å². The van der Waals surface area contributed by atoms with Crippen molar-refractivity contribution in [3.8, 4) is 6.07 Å². The van der Waals surface area contributed by atoms with Gasteiger partial charge in [-0.05, 0) is 45.0 Å². The summed E-state index contributed by atoms with van der Waals surface area (Å²) in [5.41, 5.74) is 0.605. The van der Waals surface area contributed by atoms with E-state index in [-0.39, 0.29) is 0 Å². The zero-order chi connectivity index (χ0) is 12.9. The van der Waals surface area contributed by atoms with E-state index in [2.05, 4.69) is 37.8 Å². The van der Waals surface area contributed by atoms with Gasteiger partial charge in [0.15, 0.2) is 8.32 Å². The summed E-state index contributed by atoms with van der Waals surface area (Å²) in [4.78, 5) is 0. The van der Waals surface area contributed by atoms with Crippen LogP contribution in [0, 0.1) is 11.3 Å². The summed E-state index contributed by atoms with van der Waals surface area (Å²) in [5, 5.41) is 9.27. The Morgan fingerprint density at radius 3 is 2.29 bits per heavy atom. The molecule has 0 aromatic heterocycles. The molecule has 0 spiro atoms. The van der Waals surface area contributed by atoms with Crippen LogP contribution in [0.2, 0.25) is 19.6 Å². The number of hydrogen-bond donors (Lipinski definition) is 0. The summed E-state index contributed by atoms with van der Waals surface area (Å²) in [6.07, 6.45) is 1.63. The summed E-state index contributed by atoms with van der Waals surface area (Å²) in [5.74, 6) is 0. The van der Waals surface area contributed by atoms with Crippen LogP contribution in [0.3, 0.4) is 0 Å². The van der Waals surface area contributed by atoms with Crippen LogP contribution in [0.5, 0.6) is 0 Å². The van der Waals surface area contributed by atoms with Gasteiger partial charge in [0.05, 0.1) is 6.07 Å². The van der Waals surface area contributed by atoms with Crippen LogP contribution in [0.15, 0.2) is 30.3 Å². The van der Waals surface area contributed by atoms with Crippen LogP contribution in [0.4, 0.5) is 0 Å². The van der Waals surface area contributed by atoms with Crippen LogP contribution in [-0.4, -0.2) is 13.9 Å². The Morgan fingerprint density at radius 1 is 1.24 bits per heavy atom. The zero-order valence-corrected chi connectivity index (χ0v) is 12.2. The van der Waals surface area contributed by atoms with Crippen molar-refractivity contribution in [1.82, 2.24) is 0 Å². The number of nitrogens with zero attached hydrogens (tertiary/aromatic N) is 1. The normalized spacial score (nSPS) is 15.0. The summed E-state index contributed by atoms with van der Waals surface area (Å²) < 4.78 is 5.97. The average molecular weight is 247 g/mol. The molecule has 0 saturated carbocycles. The van der Waals surface area contributed by atoms with E-state index in [1.165, 1.54) is 5.56 Å². The van der Waals surface area contributed by atoms with Crippen LogP contribution in [0.25, 0.3) is 0 Å². The van der Waals surface area contributed by atoms with E-state index in [1.54, 1.807) is 0 Å². The highest BCUT2D eigenvalue weighted by atomic mass is 28.4. The molecule has 0 heterocycles. The molecular weight excluding hydrogens is 226 g/mol. The van der Waals surface area contributed by atoms with Crippen LogP contribution in [0.1, 0.15) is 18.9 Å². The molecule has 1 aromatic rings. The topological polar surface area (TPSA) is 33.0 Å². The average Bonchev–Trinajstić information content (AvgIpc) is 2.26. The van der Waals surface area contributed by atoms with Crippen molar-refractivity contribution in [3.63, 3.8) is 0 Å². The maximum absolute atomic E-state index is 9.27. The lowest BCUT2D eigenvalue weighted by molar-refractivity contribution is 0.130. The third-order valence-corrected chi connectivity index (χ3v) is 3.56. The second-order valence-corrected chi connectivity index (χ2v) is 9.97. The van der Waals surface area contributed by atoms with Gasteiger partial charge >= 0.3 is 0 Å². The van der Waals surface area contributed by atoms with E-state index in [1.807, 2.05) is 25.1 Å². The molecule has 0 fully saturated rings. The molecule has 0 aliphatic carbocycles. The van der Waals surface area contributed by atoms with Gasteiger partial charge in [-0.2, -0.15) is 5.26 Å². The summed E-state index contributed by atoms with van der Waals surface area (Å²) in [6.45, 7) is 8.25. The zero-order valence-electron chi connectivity index (χ0n) is 11.2. The molecule has 1 aromatic carbocycles. The largest absolute Gasteiger partial charge is 0.400 e. The van der Waals surface area contributed by atoms with Crippen molar-refractivity contribution in [2.24, 2.45) is 0 Å². The SMILES string of the molecule is CC(C#N)(CCc1ccccc1)O[Si](C)(C)C. The number of hydrogen-bond acceptors (Lipinski definition) is 2. The lowest BCUT2D eigenvalue weighted by Crippen LogP contribution is -2.39. The predicted molar refractivity (Wildman–Crippen MR) is 73.2 cm³/mol. The second-order valence-electron chi connectivity index (χ2n) is 5.54. The van der Waals surface area contributed by atoms with Crippen molar-refractivity contribution in [1.29, 1.82) is 5.26 Å². The second kappa shape index (κ2) is 5.48. The highest BCUT2D eigenvalue weighted by Gasteiger charge is 2.31. The molecular formula is C14H21NOSi. The number of aryl methyl sites for hydroxylation is 1. The standard InChI is InChI=1S/C14H21NOSi/c1-14(12-15,16-17(2,3)4)11-10-13-8-6-5-7-9-13/h5-9H,10-11H2,1-4H3. The van der Waals surface area contributed by atoms with Crippen molar-refractivity contribution < 1.29 is 4.43 Å². The lowest BCUT2D eigenvalue weighted by atomic mass is 9.98. The first-order chi connectivity index (χ1) is 7.85. The Bertz CT molecular complexity index is 391. The molecule has 2 nitrogen and oxygen atoms in total. The van der Waals surface area contributed by atoms with Gasteiger partial charge in [-0.1, -0.05) is 30.3 Å². The number of benzene rings is 1. The van der Waals surface area contributed by atoms with E-state index < -0.39 is 13.9 Å². The van der Waals surface area contributed by atoms with E-state index >= 15 is 0 Å². The van der Waals surface area contributed by atoms with E-state index in [9.17, 15) is 5.26 Å². The first-order valence-electron chi connectivity index (χ1n) is 6.00. The molecule has 0 radical (unpaired) electrons. The van der Waals surface area contributed by atoms with Gasteiger partial charge in [-0.15, -0.1) is 0 Å². The maximum atomic E-state index is 9.27. The quantitative estimate of drug-likeness (QED) is 0.742. The molecule has 0 aliphatic rings. The summed E-state index contributed by atoms with van der Waals surface area (Å²) in [7, 11) is -1.67. The molecule has 17 heavy (non-hydrogen) atoms. The van der Waals surface area contributed by atoms with Crippen LogP contribution in [-0.2, 0) is 10.8 Å². The van der Waals surface area contributed by atoms with Gasteiger partial charge in [0.25, 0.3) is 0 Å². The highest BCUT2D eigenvalue weighted by Crippen LogP contribution is 2.22. The van der Waals surface area contributed by atoms with Gasteiger partial charge in [0.1, 0.15) is 5.60 Å². The third-order valence-electron chi connectivity index (χ3n) is 2.50. The Hall–Kier alpha value is -1.11. The van der Waals surface area contributed by atoms with E-state index in [0.29, 0.717) is 0 Å². The van der Waals surface area contributed by atoms with Gasteiger partial charge in [-0.3, -0.25) is 0 Å². The minimum atomic E-state index is -1.67. The molecule has 1 rings (SSSR count). The highest BCUT2D eigenvalue weighted by molar-refractivity contribution is 6.69. The lowest BCUT2D eigenvalue weighted by Gasteiger charge is -2.30. The molecule has 0 aliphatic heterocycles. The third kappa shape index (κ3) is 5.16. The van der Waals surface area contributed by atoms with E-state index in [0.717, 1.165) is 12.8 Å². The molecule has 0 bridgehead atoms. The fraction of sp³-hybridized carbons (Fsp3) is 0.500. The van der Waals surface area contributed by atoms with Crippen molar-refractivity contribution >= 4 is 8.32 Å². The number of rotatable bonds is 5. The molecule has 3 heteroatoms. The van der Waals surface area contributed by atoms with Crippen molar-refractivity contribution in [2.45, 2.75) is 45.0 Å². The van der Waals surface area contributed by atoms with E-state index in [4.69, 9.17) is 4.43 Å². The van der Waals surface area contributed by atoms with Crippen LogP contribution >= 0.6 is 0 Å². The molecule has 1 atom stereocenters. The van der Waals surface area contributed by atoms with Crippen molar-refractivity contribution in [2.75, 3.05) is 0 Å². The Morgan fingerprint density at radius 2 is 1.82 bits per heavy atom. The predicted octanol–water partition coefficient (Wildman–Crippen LogP) is 3.75.